The van der Waals surface area contributed by atoms with Crippen molar-refractivity contribution in [1.82, 2.24) is 4.90 Å². The standard InChI is InChI=1S/C9H15NO2/c1-7(11)9(2)6-10(3)5-4-8(9)12/h4-6H2,1-3H3. The van der Waals surface area contributed by atoms with Gasteiger partial charge in [0.2, 0.25) is 0 Å². The first-order valence-electron chi connectivity index (χ1n) is 4.20. The molecule has 0 aromatic heterocycles. The molecular formula is C9H15NO2. The lowest BCUT2D eigenvalue weighted by molar-refractivity contribution is -0.142. The number of nitrogens with zero attached hydrogens (tertiary/aromatic N) is 1. The number of rotatable bonds is 1. The maximum Gasteiger partial charge on any atom is 0.148 e. The van der Waals surface area contributed by atoms with Gasteiger partial charge in [0.25, 0.3) is 0 Å². The third-order valence-electron chi connectivity index (χ3n) is 2.70. The van der Waals surface area contributed by atoms with Crippen molar-refractivity contribution in [2.75, 3.05) is 20.1 Å². The number of hydrogen-bond donors (Lipinski definition) is 0. The van der Waals surface area contributed by atoms with Crippen LogP contribution in [-0.2, 0) is 9.59 Å². The molecule has 1 fully saturated rings. The molecule has 3 nitrogen and oxygen atoms in total. The van der Waals surface area contributed by atoms with Crippen LogP contribution >= 0.6 is 0 Å². The Balaban J connectivity index is 2.85. The number of carbonyl (C=O) groups excluding carboxylic acids is 2. The third-order valence-corrected chi connectivity index (χ3v) is 2.70. The lowest BCUT2D eigenvalue weighted by atomic mass is 9.78. The topological polar surface area (TPSA) is 37.4 Å². The Hall–Kier alpha value is -0.700. The van der Waals surface area contributed by atoms with Gasteiger partial charge in [-0.1, -0.05) is 0 Å². The van der Waals surface area contributed by atoms with Crippen LogP contribution in [0.1, 0.15) is 20.3 Å². The van der Waals surface area contributed by atoms with Crippen LogP contribution in [0.5, 0.6) is 0 Å². The summed E-state index contributed by atoms with van der Waals surface area (Å²) in [5.41, 5.74) is -0.743. The van der Waals surface area contributed by atoms with Gasteiger partial charge in [-0.15, -0.1) is 0 Å². The molecule has 0 bridgehead atoms. The van der Waals surface area contributed by atoms with Crippen molar-refractivity contribution < 1.29 is 9.59 Å². The van der Waals surface area contributed by atoms with Gasteiger partial charge in [-0.2, -0.15) is 0 Å². The van der Waals surface area contributed by atoms with Gasteiger partial charge in [0.15, 0.2) is 0 Å². The van der Waals surface area contributed by atoms with E-state index in [1.54, 1.807) is 6.92 Å². The summed E-state index contributed by atoms with van der Waals surface area (Å²) in [6.07, 6.45) is 0.507. The second-order valence-electron chi connectivity index (χ2n) is 3.80. The van der Waals surface area contributed by atoms with E-state index in [0.717, 1.165) is 6.54 Å². The largest absolute Gasteiger partial charge is 0.304 e. The molecule has 0 aliphatic carbocycles. The molecule has 12 heavy (non-hydrogen) atoms. The number of hydrogen-bond acceptors (Lipinski definition) is 3. The molecule has 0 aromatic rings. The van der Waals surface area contributed by atoms with Crippen molar-refractivity contribution in [2.24, 2.45) is 5.41 Å². The summed E-state index contributed by atoms with van der Waals surface area (Å²) in [4.78, 5) is 24.7. The summed E-state index contributed by atoms with van der Waals surface area (Å²) in [7, 11) is 1.94. The van der Waals surface area contributed by atoms with Crippen molar-refractivity contribution in [1.29, 1.82) is 0 Å². The van der Waals surface area contributed by atoms with Gasteiger partial charge in [-0.25, -0.2) is 0 Å². The molecule has 1 unspecified atom stereocenters. The highest BCUT2D eigenvalue weighted by Gasteiger charge is 2.41. The zero-order valence-electron chi connectivity index (χ0n) is 7.89. The van der Waals surface area contributed by atoms with E-state index in [0.29, 0.717) is 13.0 Å². The number of Topliss-reactive ketones (excluding diaryl/α,β-unsaturated/α-hetero) is 2. The van der Waals surface area contributed by atoms with Crippen molar-refractivity contribution in [2.45, 2.75) is 20.3 Å². The van der Waals surface area contributed by atoms with Crippen molar-refractivity contribution in [3.63, 3.8) is 0 Å². The van der Waals surface area contributed by atoms with E-state index in [2.05, 4.69) is 0 Å². The first-order valence-corrected chi connectivity index (χ1v) is 4.20. The van der Waals surface area contributed by atoms with Crippen LogP contribution < -0.4 is 0 Å². The molecule has 1 heterocycles. The normalized spacial score (nSPS) is 32.1. The minimum atomic E-state index is -0.743. The van der Waals surface area contributed by atoms with Gasteiger partial charge in [-0.05, 0) is 20.9 Å². The molecule has 0 aromatic carbocycles. The van der Waals surface area contributed by atoms with Crippen LogP contribution in [-0.4, -0.2) is 36.6 Å². The molecule has 0 spiro atoms. The molecule has 68 valence electrons. The summed E-state index contributed by atoms with van der Waals surface area (Å²) < 4.78 is 0. The molecule has 1 aliphatic heterocycles. The van der Waals surface area contributed by atoms with Crippen LogP contribution in [0.4, 0.5) is 0 Å². The predicted octanol–water partition coefficient (Wildman–Crippen LogP) is 0.486. The molecule has 0 saturated carbocycles. The van der Waals surface area contributed by atoms with Crippen molar-refractivity contribution >= 4 is 11.6 Å². The van der Waals surface area contributed by atoms with Gasteiger partial charge in [-0.3, -0.25) is 9.59 Å². The predicted molar refractivity (Wildman–Crippen MR) is 45.9 cm³/mol. The van der Waals surface area contributed by atoms with Crippen molar-refractivity contribution in [3.8, 4) is 0 Å². The summed E-state index contributed by atoms with van der Waals surface area (Å²) in [5, 5.41) is 0. The van der Waals surface area contributed by atoms with Gasteiger partial charge < -0.3 is 4.90 Å². The maximum absolute atomic E-state index is 11.5. The zero-order chi connectivity index (χ0) is 9.35. The number of ketones is 2. The van der Waals surface area contributed by atoms with Crippen LogP contribution in [0.15, 0.2) is 0 Å². The average Bonchev–Trinajstić information content (AvgIpc) is 1.97. The first-order chi connectivity index (χ1) is 5.47. The molecule has 3 heteroatoms. The fraction of sp³-hybridized carbons (Fsp3) is 0.778. The van der Waals surface area contributed by atoms with E-state index in [1.165, 1.54) is 6.92 Å². The Labute approximate surface area is 72.7 Å². The number of likely N-dealkylation sites (tertiary alicyclic amines) is 1. The van der Waals surface area contributed by atoms with Crippen LogP contribution in [0.3, 0.4) is 0 Å². The van der Waals surface area contributed by atoms with Gasteiger partial charge >= 0.3 is 0 Å². The van der Waals surface area contributed by atoms with Gasteiger partial charge in [0.05, 0.1) is 5.41 Å². The average molecular weight is 169 g/mol. The van der Waals surface area contributed by atoms with E-state index in [1.807, 2.05) is 11.9 Å². The highest BCUT2D eigenvalue weighted by atomic mass is 16.2. The van der Waals surface area contributed by atoms with Crippen LogP contribution in [0.2, 0.25) is 0 Å². The van der Waals surface area contributed by atoms with E-state index in [9.17, 15) is 9.59 Å². The van der Waals surface area contributed by atoms with E-state index in [4.69, 9.17) is 0 Å². The van der Waals surface area contributed by atoms with E-state index >= 15 is 0 Å². The monoisotopic (exact) mass is 169 g/mol. The summed E-state index contributed by atoms with van der Waals surface area (Å²) >= 11 is 0. The minimum absolute atomic E-state index is 0.0148. The van der Waals surface area contributed by atoms with Crippen molar-refractivity contribution in [3.05, 3.63) is 0 Å². The SMILES string of the molecule is CC(=O)C1(C)CN(C)CCC1=O. The van der Waals surface area contributed by atoms with Gasteiger partial charge in [0, 0.05) is 19.5 Å². The quantitative estimate of drug-likeness (QED) is 0.536. The lowest BCUT2D eigenvalue weighted by Crippen LogP contribution is -2.49. The second-order valence-corrected chi connectivity index (χ2v) is 3.80. The molecule has 1 saturated heterocycles. The number of piperidine rings is 1. The Kier molecular flexibility index (Phi) is 2.33. The Bertz CT molecular complexity index is 225. The Morgan fingerprint density at radius 1 is 1.58 bits per heavy atom. The molecule has 1 atom stereocenters. The van der Waals surface area contributed by atoms with Crippen LogP contribution in [0, 0.1) is 5.41 Å². The maximum atomic E-state index is 11.5. The molecule has 1 rings (SSSR count). The number of carbonyl (C=O) groups is 2. The van der Waals surface area contributed by atoms with Gasteiger partial charge in [0.1, 0.15) is 11.6 Å². The summed E-state index contributed by atoms with van der Waals surface area (Å²) in [5.74, 6) is 0.0761. The molecule has 0 N–H and O–H groups in total. The zero-order valence-corrected chi connectivity index (χ0v) is 7.89. The Morgan fingerprint density at radius 3 is 2.58 bits per heavy atom. The molecule has 0 radical (unpaired) electrons. The summed E-state index contributed by atoms with van der Waals surface area (Å²) in [6, 6.07) is 0. The minimum Gasteiger partial charge on any atom is -0.304 e. The third kappa shape index (κ3) is 1.41. The first kappa shape index (κ1) is 9.39. The Morgan fingerprint density at radius 2 is 2.17 bits per heavy atom. The molecule has 1 aliphatic rings. The van der Waals surface area contributed by atoms with E-state index < -0.39 is 5.41 Å². The highest BCUT2D eigenvalue weighted by molar-refractivity contribution is 6.06. The molecule has 0 amide bonds. The fourth-order valence-electron chi connectivity index (χ4n) is 1.58. The second kappa shape index (κ2) is 2.98. The fourth-order valence-corrected chi connectivity index (χ4v) is 1.58. The van der Waals surface area contributed by atoms with E-state index in [-0.39, 0.29) is 11.6 Å². The lowest BCUT2D eigenvalue weighted by Gasteiger charge is -2.35. The van der Waals surface area contributed by atoms with Crippen LogP contribution in [0.25, 0.3) is 0 Å². The smallest absolute Gasteiger partial charge is 0.148 e. The highest BCUT2D eigenvalue weighted by Crippen LogP contribution is 2.26. The molecular weight excluding hydrogens is 154 g/mol. The summed E-state index contributed by atoms with van der Waals surface area (Å²) in [6.45, 7) is 4.59.